The van der Waals surface area contributed by atoms with E-state index in [0.717, 1.165) is 31.9 Å². The lowest BCUT2D eigenvalue weighted by atomic mass is 9.77. The molecule has 0 saturated carbocycles. The average Bonchev–Trinajstić information content (AvgIpc) is 3.27. The van der Waals surface area contributed by atoms with E-state index < -0.39 is 0 Å². The molecule has 1 aromatic heterocycles. The highest BCUT2D eigenvalue weighted by Gasteiger charge is 2.43. The topological polar surface area (TPSA) is 45.7 Å². The Labute approximate surface area is 144 Å². The molecule has 0 aromatic carbocycles. The molecular weight excluding hydrogens is 302 g/mol. The number of carbonyl (C=O) groups is 1. The second-order valence-electron chi connectivity index (χ2n) is 7.66. The van der Waals surface area contributed by atoms with Crippen LogP contribution in [0.5, 0.6) is 0 Å². The third-order valence-corrected chi connectivity index (χ3v) is 6.15. The van der Waals surface area contributed by atoms with Gasteiger partial charge < -0.3 is 9.64 Å². The number of carbonyl (C=O) groups excluding carboxylic acids is 1. The van der Waals surface area contributed by atoms with Gasteiger partial charge in [0.15, 0.2) is 0 Å². The smallest absolute Gasteiger partial charge is 0.227 e. The molecule has 1 amide bonds. The van der Waals surface area contributed by atoms with Crippen molar-refractivity contribution in [2.45, 2.75) is 38.1 Å². The van der Waals surface area contributed by atoms with Crippen LogP contribution in [0.4, 0.5) is 0 Å². The molecule has 3 aliphatic heterocycles. The maximum atomic E-state index is 12.6. The summed E-state index contributed by atoms with van der Waals surface area (Å²) in [6.45, 7) is 6.02. The number of hydrogen-bond acceptors (Lipinski definition) is 4. The fourth-order valence-electron chi connectivity index (χ4n) is 4.52. The van der Waals surface area contributed by atoms with Crippen LogP contribution >= 0.6 is 0 Å². The van der Waals surface area contributed by atoms with Crippen molar-refractivity contribution >= 4 is 5.91 Å². The predicted octanol–water partition coefficient (Wildman–Crippen LogP) is 1.73. The molecule has 4 heterocycles. The van der Waals surface area contributed by atoms with E-state index in [1.54, 1.807) is 12.4 Å². The molecule has 0 unspecified atom stereocenters. The highest BCUT2D eigenvalue weighted by molar-refractivity contribution is 5.79. The van der Waals surface area contributed by atoms with Gasteiger partial charge in [0.25, 0.3) is 0 Å². The summed E-state index contributed by atoms with van der Waals surface area (Å²) >= 11 is 0. The Morgan fingerprint density at radius 3 is 2.83 bits per heavy atom. The summed E-state index contributed by atoms with van der Waals surface area (Å²) in [5, 5.41) is 0. The van der Waals surface area contributed by atoms with Gasteiger partial charge in [0.05, 0.1) is 13.0 Å². The standard InChI is InChI=1S/C19H27N3O2/c23-18(12-16-2-1-7-20-13-16)22-10-6-19(15-22)4-8-21(9-5-19)17-3-11-24-14-17/h1-2,7,13,17H,3-6,8-12,14-15H2/t17-/m0/s1. The molecule has 1 aromatic rings. The van der Waals surface area contributed by atoms with Crippen molar-refractivity contribution in [2.75, 3.05) is 39.4 Å². The zero-order valence-electron chi connectivity index (χ0n) is 14.3. The first-order chi connectivity index (χ1) is 11.7. The minimum absolute atomic E-state index is 0.256. The largest absolute Gasteiger partial charge is 0.380 e. The van der Waals surface area contributed by atoms with Gasteiger partial charge in [0.2, 0.25) is 5.91 Å². The Morgan fingerprint density at radius 1 is 1.29 bits per heavy atom. The van der Waals surface area contributed by atoms with Crippen LogP contribution in [-0.4, -0.2) is 66.1 Å². The molecule has 4 rings (SSSR count). The molecule has 24 heavy (non-hydrogen) atoms. The average molecular weight is 329 g/mol. The van der Waals surface area contributed by atoms with Crippen molar-refractivity contribution in [3.05, 3.63) is 30.1 Å². The summed E-state index contributed by atoms with van der Waals surface area (Å²) in [4.78, 5) is 21.4. The van der Waals surface area contributed by atoms with Gasteiger partial charge in [-0.25, -0.2) is 0 Å². The number of amides is 1. The fraction of sp³-hybridized carbons (Fsp3) is 0.684. The minimum Gasteiger partial charge on any atom is -0.380 e. The number of nitrogens with zero attached hydrogens (tertiary/aromatic N) is 3. The van der Waals surface area contributed by atoms with E-state index in [9.17, 15) is 4.79 Å². The minimum atomic E-state index is 0.256. The van der Waals surface area contributed by atoms with Gasteiger partial charge in [0, 0.05) is 38.1 Å². The van der Waals surface area contributed by atoms with Crippen molar-refractivity contribution in [3.63, 3.8) is 0 Å². The summed E-state index contributed by atoms with van der Waals surface area (Å²) in [7, 11) is 0. The molecule has 0 aliphatic carbocycles. The van der Waals surface area contributed by atoms with Crippen LogP contribution in [0.1, 0.15) is 31.2 Å². The molecule has 0 radical (unpaired) electrons. The van der Waals surface area contributed by atoms with Crippen LogP contribution in [-0.2, 0) is 16.0 Å². The molecule has 1 atom stereocenters. The van der Waals surface area contributed by atoms with Gasteiger partial charge >= 0.3 is 0 Å². The summed E-state index contributed by atoms with van der Waals surface area (Å²) < 4.78 is 5.53. The quantitative estimate of drug-likeness (QED) is 0.847. The molecule has 130 valence electrons. The van der Waals surface area contributed by atoms with Gasteiger partial charge in [-0.05, 0) is 55.8 Å². The number of piperidine rings is 1. The third-order valence-electron chi connectivity index (χ3n) is 6.15. The lowest BCUT2D eigenvalue weighted by molar-refractivity contribution is -0.130. The number of aromatic nitrogens is 1. The van der Waals surface area contributed by atoms with Gasteiger partial charge in [-0.2, -0.15) is 0 Å². The van der Waals surface area contributed by atoms with Crippen LogP contribution in [0.2, 0.25) is 0 Å². The van der Waals surface area contributed by atoms with E-state index in [1.165, 1.54) is 38.8 Å². The summed E-state index contributed by atoms with van der Waals surface area (Å²) in [5.41, 5.74) is 1.38. The van der Waals surface area contributed by atoms with Crippen molar-refractivity contribution in [3.8, 4) is 0 Å². The number of pyridine rings is 1. The first-order valence-electron chi connectivity index (χ1n) is 9.23. The maximum absolute atomic E-state index is 12.6. The van der Waals surface area contributed by atoms with E-state index in [0.29, 0.717) is 17.9 Å². The molecule has 3 aliphatic rings. The van der Waals surface area contributed by atoms with Crippen molar-refractivity contribution < 1.29 is 9.53 Å². The molecule has 0 N–H and O–H groups in total. The zero-order valence-corrected chi connectivity index (χ0v) is 14.3. The van der Waals surface area contributed by atoms with Gasteiger partial charge in [-0.1, -0.05) is 6.07 Å². The SMILES string of the molecule is O=C(Cc1cccnc1)N1CCC2(CCN([C@H]3CCOC3)CC2)C1. The first-order valence-corrected chi connectivity index (χ1v) is 9.23. The van der Waals surface area contributed by atoms with E-state index >= 15 is 0 Å². The van der Waals surface area contributed by atoms with Crippen molar-refractivity contribution in [2.24, 2.45) is 5.41 Å². The van der Waals surface area contributed by atoms with Crippen LogP contribution < -0.4 is 0 Å². The van der Waals surface area contributed by atoms with Crippen molar-refractivity contribution in [1.29, 1.82) is 0 Å². The monoisotopic (exact) mass is 329 g/mol. The van der Waals surface area contributed by atoms with Crippen LogP contribution in [0.3, 0.4) is 0 Å². The normalized spacial score (nSPS) is 27.0. The van der Waals surface area contributed by atoms with E-state index in [1.807, 2.05) is 12.1 Å². The molecule has 0 bridgehead atoms. The highest BCUT2D eigenvalue weighted by atomic mass is 16.5. The molecule has 5 nitrogen and oxygen atoms in total. The summed E-state index contributed by atoms with van der Waals surface area (Å²) in [5.74, 6) is 0.256. The Hall–Kier alpha value is -1.46. The number of likely N-dealkylation sites (tertiary alicyclic amines) is 2. The van der Waals surface area contributed by atoms with Crippen LogP contribution in [0.15, 0.2) is 24.5 Å². The van der Waals surface area contributed by atoms with E-state index in [2.05, 4.69) is 14.8 Å². The maximum Gasteiger partial charge on any atom is 0.227 e. The Balaban J connectivity index is 1.30. The van der Waals surface area contributed by atoms with Gasteiger partial charge in [-0.15, -0.1) is 0 Å². The second kappa shape index (κ2) is 6.81. The Kier molecular flexibility index (Phi) is 4.55. The number of ether oxygens (including phenoxy) is 1. The van der Waals surface area contributed by atoms with E-state index in [4.69, 9.17) is 4.74 Å². The highest BCUT2D eigenvalue weighted by Crippen LogP contribution is 2.41. The number of rotatable bonds is 3. The third kappa shape index (κ3) is 3.33. The lowest BCUT2D eigenvalue weighted by Gasteiger charge is -2.41. The van der Waals surface area contributed by atoms with Crippen LogP contribution in [0.25, 0.3) is 0 Å². The predicted molar refractivity (Wildman–Crippen MR) is 91.6 cm³/mol. The van der Waals surface area contributed by atoms with E-state index in [-0.39, 0.29) is 5.91 Å². The first kappa shape index (κ1) is 16.0. The van der Waals surface area contributed by atoms with Crippen molar-refractivity contribution in [1.82, 2.24) is 14.8 Å². The zero-order chi connectivity index (χ0) is 16.4. The summed E-state index contributed by atoms with van der Waals surface area (Å²) in [6, 6.07) is 4.52. The second-order valence-corrected chi connectivity index (χ2v) is 7.66. The summed E-state index contributed by atoms with van der Waals surface area (Å²) in [6.07, 6.45) is 8.83. The molecule has 3 saturated heterocycles. The van der Waals surface area contributed by atoms with Gasteiger partial charge in [-0.3, -0.25) is 14.7 Å². The molecular formula is C19H27N3O2. The molecule has 1 spiro atoms. The molecule has 3 fully saturated rings. The fourth-order valence-corrected chi connectivity index (χ4v) is 4.52. The molecule has 5 heteroatoms. The Bertz CT molecular complexity index is 563. The Morgan fingerprint density at radius 2 is 2.12 bits per heavy atom. The number of hydrogen-bond donors (Lipinski definition) is 0. The van der Waals surface area contributed by atoms with Crippen LogP contribution in [0, 0.1) is 5.41 Å². The van der Waals surface area contributed by atoms with Gasteiger partial charge in [0.1, 0.15) is 0 Å². The lowest BCUT2D eigenvalue weighted by Crippen LogP contribution is -2.46.